The van der Waals surface area contributed by atoms with E-state index in [4.69, 9.17) is 0 Å². The molecule has 0 aliphatic heterocycles. The van der Waals surface area contributed by atoms with E-state index in [1.54, 1.807) is 11.9 Å². The molecule has 86 valence electrons. The van der Waals surface area contributed by atoms with Gasteiger partial charge in [0.2, 0.25) is 0 Å². The van der Waals surface area contributed by atoms with E-state index in [1.165, 1.54) is 5.56 Å². The SMILES string of the molecule is CC(=O)C/C(Cc1ccccc1)=N\N(C)C. The maximum absolute atomic E-state index is 11.1. The molecule has 0 aliphatic rings. The minimum absolute atomic E-state index is 0.150. The summed E-state index contributed by atoms with van der Waals surface area (Å²) in [6.07, 6.45) is 1.16. The van der Waals surface area contributed by atoms with Crippen molar-refractivity contribution >= 4 is 11.5 Å². The molecule has 0 heterocycles. The first-order valence-corrected chi connectivity index (χ1v) is 5.35. The van der Waals surface area contributed by atoms with Gasteiger partial charge in [-0.1, -0.05) is 30.3 Å². The van der Waals surface area contributed by atoms with Crippen LogP contribution < -0.4 is 0 Å². The molecule has 1 rings (SSSR count). The van der Waals surface area contributed by atoms with Gasteiger partial charge in [-0.3, -0.25) is 4.79 Å². The lowest BCUT2D eigenvalue weighted by atomic mass is 10.1. The van der Waals surface area contributed by atoms with Crippen molar-refractivity contribution in [1.82, 2.24) is 5.01 Å². The van der Waals surface area contributed by atoms with Gasteiger partial charge in [0.1, 0.15) is 5.78 Å². The largest absolute Gasteiger partial charge is 0.303 e. The Hall–Kier alpha value is -1.64. The van der Waals surface area contributed by atoms with Gasteiger partial charge in [-0.25, -0.2) is 0 Å². The van der Waals surface area contributed by atoms with Crippen LogP contribution in [0.4, 0.5) is 0 Å². The van der Waals surface area contributed by atoms with Crippen molar-refractivity contribution in [2.75, 3.05) is 14.1 Å². The minimum atomic E-state index is 0.150. The summed E-state index contributed by atoms with van der Waals surface area (Å²) in [5, 5.41) is 6.08. The summed E-state index contributed by atoms with van der Waals surface area (Å²) in [6.45, 7) is 1.59. The number of carbonyl (C=O) groups is 1. The van der Waals surface area contributed by atoms with Gasteiger partial charge in [0.25, 0.3) is 0 Å². The van der Waals surface area contributed by atoms with Crippen molar-refractivity contribution in [2.24, 2.45) is 5.10 Å². The normalized spacial score (nSPS) is 11.3. The molecule has 1 aromatic carbocycles. The number of Topliss-reactive ketones (excluding diaryl/α,β-unsaturated/α-hetero) is 1. The Morgan fingerprint density at radius 2 is 1.88 bits per heavy atom. The Balaban J connectivity index is 2.75. The Morgan fingerprint density at radius 1 is 1.25 bits per heavy atom. The third-order valence-electron chi connectivity index (χ3n) is 2.05. The van der Waals surface area contributed by atoms with Crippen molar-refractivity contribution in [3.8, 4) is 0 Å². The Morgan fingerprint density at radius 3 is 2.38 bits per heavy atom. The van der Waals surface area contributed by atoms with Gasteiger partial charge in [0.05, 0.1) is 0 Å². The molecular formula is C13H18N2O. The molecule has 0 radical (unpaired) electrons. The average molecular weight is 218 g/mol. The molecule has 3 nitrogen and oxygen atoms in total. The average Bonchev–Trinajstić information content (AvgIpc) is 2.16. The molecule has 0 bridgehead atoms. The summed E-state index contributed by atoms with van der Waals surface area (Å²) < 4.78 is 0. The predicted octanol–water partition coefficient (Wildman–Crippen LogP) is 2.13. The molecule has 0 amide bonds. The third-order valence-corrected chi connectivity index (χ3v) is 2.05. The lowest BCUT2D eigenvalue weighted by Crippen LogP contribution is -2.14. The zero-order chi connectivity index (χ0) is 12.0. The van der Waals surface area contributed by atoms with E-state index in [2.05, 4.69) is 5.10 Å². The maximum atomic E-state index is 11.1. The summed E-state index contributed by atoms with van der Waals surface area (Å²) in [5.41, 5.74) is 2.09. The number of hydrogen-bond acceptors (Lipinski definition) is 3. The number of nitrogens with zero attached hydrogens (tertiary/aromatic N) is 2. The summed E-state index contributed by atoms with van der Waals surface area (Å²) in [6, 6.07) is 10.1. The quantitative estimate of drug-likeness (QED) is 0.560. The molecular weight excluding hydrogens is 200 g/mol. The van der Waals surface area contributed by atoms with E-state index in [0.29, 0.717) is 6.42 Å². The second-order valence-electron chi connectivity index (χ2n) is 4.05. The van der Waals surface area contributed by atoms with Crippen LogP contribution in [-0.2, 0) is 11.2 Å². The highest BCUT2D eigenvalue weighted by atomic mass is 16.1. The van der Waals surface area contributed by atoms with Gasteiger partial charge >= 0.3 is 0 Å². The van der Waals surface area contributed by atoms with E-state index in [-0.39, 0.29) is 5.78 Å². The molecule has 0 N–H and O–H groups in total. The smallest absolute Gasteiger partial charge is 0.135 e. The first kappa shape index (κ1) is 12.4. The lowest BCUT2D eigenvalue weighted by molar-refractivity contribution is -0.115. The molecule has 1 aromatic rings. The second kappa shape index (κ2) is 6.05. The van der Waals surface area contributed by atoms with Crippen LogP contribution in [0.25, 0.3) is 0 Å². The highest BCUT2D eigenvalue weighted by Gasteiger charge is 2.05. The zero-order valence-electron chi connectivity index (χ0n) is 10.1. The Kier molecular flexibility index (Phi) is 4.70. The Labute approximate surface area is 96.8 Å². The number of carbonyl (C=O) groups excluding carboxylic acids is 1. The predicted molar refractivity (Wildman–Crippen MR) is 66.6 cm³/mol. The van der Waals surface area contributed by atoms with Crippen LogP contribution in [0.5, 0.6) is 0 Å². The van der Waals surface area contributed by atoms with E-state index >= 15 is 0 Å². The van der Waals surface area contributed by atoms with Crippen LogP contribution in [0.2, 0.25) is 0 Å². The highest BCUT2D eigenvalue weighted by Crippen LogP contribution is 2.04. The van der Waals surface area contributed by atoms with Crippen molar-refractivity contribution in [1.29, 1.82) is 0 Å². The van der Waals surface area contributed by atoms with Crippen LogP contribution in [0.15, 0.2) is 35.4 Å². The topological polar surface area (TPSA) is 32.7 Å². The minimum Gasteiger partial charge on any atom is -0.303 e. The summed E-state index contributed by atoms with van der Waals surface area (Å²) >= 11 is 0. The molecule has 0 aromatic heterocycles. The van der Waals surface area contributed by atoms with Crippen LogP contribution in [0.3, 0.4) is 0 Å². The van der Waals surface area contributed by atoms with Gasteiger partial charge in [-0.15, -0.1) is 0 Å². The first-order chi connectivity index (χ1) is 7.58. The van der Waals surface area contributed by atoms with Crippen LogP contribution in [-0.4, -0.2) is 30.6 Å². The second-order valence-corrected chi connectivity index (χ2v) is 4.05. The van der Waals surface area contributed by atoms with Gasteiger partial charge in [-0.2, -0.15) is 5.10 Å². The number of benzene rings is 1. The first-order valence-electron chi connectivity index (χ1n) is 5.35. The van der Waals surface area contributed by atoms with Crippen molar-refractivity contribution < 1.29 is 4.79 Å². The van der Waals surface area contributed by atoms with E-state index in [9.17, 15) is 4.79 Å². The van der Waals surface area contributed by atoms with Crippen LogP contribution in [0.1, 0.15) is 18.9 Å². The molecule has 16 heavy (non-hydrogen) atoms. The van der Waals surface area contributed by atoms with Crippen LogP contribution >= 0.6 is 0 Å². The van der Waals surface area contributed by atoms with Gasteiger partial charge in [-0.05, 0) is 12.5 Å². The maximum Gasteiger partial charge on any atom is 0.135 e. The van der Waals surface area contributed by atoms with E-state index < -0.39 is 0 Å². The van der Waals surface area contributed by atoms with Gasteiger partial charge in [0, 0.05) is 32.6 Å². The number of rotatable bonds is 5. The standard InChI is InChI=1S/C13H18N2O/c1-11(16)9-13(14-15(2)3)10-12-7-5-4-6-8-12/h4-8H,9-10H2,1-3H3/b14-13+. The molecule has 0 saturated heterocycles. The molecule has 3 heteroatoms. The number of hydrogen-bond donors (Lipinski definition) is 0. The van der Waals surface area contributed by atoms with Crippen LogP contribution in [0, 0.1) is 0 Å². The molecule has 0 saturated carbocycles. The highest BCUT2D eigenvalue weighted by molar-refractivity contribution is 6.01. The fourth-order valence-electron chi connectivity index (χ4n) is 1.53. The molecule has 0 aliphatic carbocycles. The molecule has 0 unspecified atom stereocenters. The Bertz CT molecular complexity index is 369. The monoisotopic (exact) mass is 218 g/mol. The summed E-state index contributed by atoms with van der Waals surface area (Å²) in [5.74, 6) is 0.150. The molecule has 0 spiro atoms. The van der Waals surface area contributed by atoms with E-state index in [0.717, 1.165) is 12.1 Å². The van der Waals surface area contributed by atoms with Crippen molar-refractivity contribution in [3.05, 3.63) is 35.9 Å². The summed E-state index contributed by atoms with van der Waals surface area (Å²) in [4.78, 5) is 11.1. The van der Waals surface area contributed by atoms with E-state index in [1.807, 2.05) is 44.4 Å². The third kappa shape index (κ3) is 4.73. The van der Waals surface area contributed by atoms with Crippen molar-refractivity contribution in [2.45, 2.75) is 19.8 Å². The zero-order valence-corrected chi connectivity index (χ0v) is 10.1. The van der Waals surface area contributed by atoms with Gasteiger partial charge < -0.3 is 5.01 Å². The van der Waals surface area contributed by atoms with Crippen molar-refractivity contribution in [3.63, 3.8) is 0 Å². The van der Waals surface area contributed by atoms with Gasteiger partial charge in [0.15, 0.2) is 0 Å². The molecule has 0 atom stereocenters. The molecule has 0 fully saturated rings. The lowest BCUT2D eigenvalue weighted by Gasteiger charge is -2.10. The number of ketones is 1. The number of hydrazone groups is 1. The fourth-order valence-corrected chi connectivity index (χ4v) is 1.53. The summed E-state index contributed by atoms with van der Waals surface area (Å²) in [7, 11) is 3.73. The fraction of sp³-hybridized carbons (Fsp3) is 0.385.